The molecule has 1 aromatic rings. The van der Waals surface area contributed by atoms with E-state index in [0.717, 1.165) is 14.9 Å². The lowest BCUT2D eigenvalue weighted by molar-refractivity contribution is 1.35. The zero-order chi connectivity index (χ0) is 13.5. The minimum atomic E-state index is 1.05. The first-order valence-electron chi connectivity index (χ1n) is 5.94. The molecular weight excluding hydrogens is 284 g/mol. The van der Waals surface area contributed by atoms with Gasteiger partial charge in [0.05, 0.1) is 0 Å². The van der Waals surface area contributed by atoms with Crippen molar-refractivity contribution in [1.29, 1.82) is 0 Å². The summed E-state index contributed by atoms with van der Waals surface area (Å²) in [6, 6.07) is 8.14. The summed E-state index contributed by atoms with van der Waals surface area (Å²) < 4.78 is 1.13. The average molecular weight is 303 g/mol. The van der Waals surface area contributed by atoms with Crippen LogP contribution in [-0.4, -0.2) is 0 Å². The Kier molecular flexibility index (Phi) is 5.87. The van der Waals surface area contributed by atoms with Gasteiger partial charge in [0.15, 0.2) is 0 Å². The zero-order valence-corrected chi connectivity index (χ0v) is 12.8. The maximum absolute atomic E-state index is 4.01. The first-order valence-corrected chi connectivity index (χ1v) is 6.73. The highest BCUT2D eigenvalue weighted by molar-refractivity contribution is 9.11. The number of rotatable bonds is 3. The standard InChI is InChI=1S/C17H19Br/c1-13(9-11-16(4)18)14(2)10-12-17-8-6-5-7-15(17)3/h5-12H,3H2,1-2,4H3/b13-9+,14-10+,16-11+,17-12-. The molecule has 0 amide bonds. The Balaban J connectivity index is 3.02. The predicted octanol–water partition coefficient (Wildman–Crippen LogP) is 4.07. The molecule has 0 atom stereocenters. The lowest BCUT2D eigenvalue weighted by Crippen LogP contribution is -2.21. The Morgan fingerprint density at radius 3 is 2.22 bits per heavy atom. The molecule has 0 aromatic heterocycles. The van der Waals surface area contributed by atoms with Crippen molar-refractivity contribution in [2.75, 3.05) is 0 Å². The van der Waals surface area contributed by atoms with E-state index >= 15 is 0 Å². The van der Waals surface area contributed by atoms with E-state index in [2.05, 4.69) is 66.7 Å². The molecule has 0 heterocycles. The lowest BCUT2D eigenvalue weighted by Gasteiger charge is -1.98. The number of benzene rings is 1. The van der Waals surface area contributed by atoms with Gasteiger partial charge in [-0.1, -0.05) is 71.1 Å². The molecule has 0 N–H and O–H groups in total. The van der Waals surface area contributed by atoms with Crippen LogP contribution in [0, 0.1) is 0 Å². The van der Waals surface area contributed by atoms with Crippen molar-refractivity contribution >= 4 is 28.6 Å². The monoisotopic (exact) mass is 302 g/mol. The van der Waals surface area contributed by atoms with Gasteiger partial charge in [-0.05, 0) is 46.8 Å². The predicted molar refractivity (Wildman–Crippen MR) is 85.9 cm³/mol. The van der Waals surface area contributed by atoms with Gasteiger partial charge in [-0.3, -0.25) is 0 Å². The van der Waals surface area contributed by atoms with Crippen LogP contribution in [0.5, 0.6) is 0 Å². The van der Waals surface area contributed by atoms with Crippen molar-refractivity contribution in [2.24, 2.45) is 0 Å². The van der Waals surface area contributed by atoms with E-state index in [9.17, 15) is 0 Å². The van der Waals surface area contributed by atoms with Gasteiger partial charge < -0.3 is 0 Å². The number of hydrogen-bond acceptors (Lipinski definition) is 0. The molecule has 0 bridgehead atoms. The van der Waals surface area contributed by atoms with E-state index in [1.54, 1.807) is 0 Å². The first-order chi connectivity index (χ1) is 8.50. The first kappa shape index (κ1) is 14.7. The third kappa shape index (κ3) is 4.89. The minimum Gasteiger partial charge on any atom is -0.0912 e. The molecule has 0 aliphatic carbocycles. The number of halogens is 1. The van der Waals surface area contributed by atoms with Gasteiger partial charge in [-0.25, -0.2) is 0 Å². The molecule has 0 saturated carbocycles. The van der Waals surface area contributed by atoms with Crippen LogP contribution in [0.3, 0.4) is 0 Å². The minimum absolute atomic E-state index is 1.05. The van der Waals surface area contributed by atoms with Crippen LogP contribution in [0.2, 0.25) is 0 Å². The SMILES string of the molecule is C=c1cccc/c1=C/C=C(C)/C(C)=C/C=C(\C)Br. The number of allylic oxidation sites excluding steroid dienone is 6. The fraction of sp³-hybridized carbons (Fsp3) is 0.176. The van der Waals surface area contributed by atoms with Crippen LogP contribution in [0.4, 0.5) is 0 Å². The van der Waals surface area contributed by atoms with E-state index in [1.165, 1.54) is 11.1 Å². The Morgan fingerprint density at radius 1 is 1.00 bits per heavy atom. The van der Waals surface area contributed by atoms with E-state index in [-0.39, 0.29) is 0 Å². The molecule has 1 heteroatoms. The summed E-state index contributed by atoms with van der Waals surface area (Å²) in [4.78, 5) is 0. The lowest BCUT2D eigenvalue weighted by atomic mass is 10.1. The van der Waals surface area contributed by atoms with Crippen molar-refractivity contribution in [3.63, 3.8) is 0 Å². The Labute approximate surface area is 118 Å². The molecule has 0 aliphatic heterocycles. The van der Waals surface area contributed by atoms with Crippen LogP contribution in [0.25, 0.3) is 12.7 Å². The van der Waals surface area contributed by atoms with Crippen molar-refractivity contribution in [2.45, 2.75) is 20.8 Å². The van der Waals surface area contributed by atoms with Crippen molar-refractivity contribution in [1.82, 2.24) is 0 Å². The normalized spacial score (nSPS) is 15.1. The molecule has 18 heavy (non-hydrogen) atoms. The zero-order valence-electron chi connectivity index (χ0n) is 11.2. The van der Waals surface area contributed by atoms with Crippen LogP contribution >= 0.6 is 15.9 Å². The van der Waals surface area contributed by atoms with Gasteiger partial charge in [-0.2, -0.15) is 0 Å². The largest absolute Gasteiger partial charge is 0.0912 e. The highest BCUT2D eigenvalue weighted by Gasteiger charge is 1.90. The van der Waals surface area contributed by atoms with Gasteiger partial charge in [0.1, 0.15) is 0 Å². The molecule has 1 rings (SSSR count). The average Bonchev–Trinajstić information content (AvgIpc) is 2.34. The molecule has 0 fully saturated rings. The summed E-state index contributed by atoms with van der Waals surface area (Å²) in [5.41, 5.74) is 2.51. The van der Waals surface area contributed by atoms with Gasteiger partial charge in [0.25, 0.3) is 0 Å². The quantitative estimate of drug-likeness (QED) is 0.739. The fourth-order valence-electron chi connectivity index (χ4n) is 1.41. The summed E-state index contributed by atoms with van der Waals surface area (Å²) in [5, 5.41) is 2.22. The molecule has 0 radical (unpaired) electrons. The highest BCUT2D eigenvalue weighted by Crippen LogP contribution is 2.10. The number of hydrogen-bond donors (Lipinski definition) is 0. The second-order valence-electron chi connectivity index (χ2n) is 4.32. The summed E-state index contributed by atoms with van der Waals surface area (Å²) >= 11 is 3.42. The second-order valence-corrected chi connectivity index (χ2v) is 5.57. The van der Waals surface area contributed by atoms with E-state index in [0.29, 0.717) is 0 Å². The molecular formula is C17H19Br. The molecule has 1 aromatic carbocycles. The summed E-state index contributed by atoms with van der Waals surface area (Å²) in [5.74, 6) is 0. The Morgan fingerprint density at radius 2 is 1.61 bits per heavy atom. The fourth-order valence-corrected chi connectivity index (χ4v) is 1.55. The van der Waals surface area contributed by atoms with Crippen molar-refractivity contribution < 1.29 is 0 Å². The van der Waals surface area contributed by atoms with Crippen LogP contribution in [-0.2, 0) is 0 Å². The maximum Gasteiger partial charge on any atom is -0.00803 e. The second kappa shape index (κ2) is 7.17. The Bertz CT molecular complexity index is 597. The van der Waals surface area contributed by atoms with E-state index < -0.39 is 0 Å². The highest BCUT2D eigenvalue weighted by atomic mass is 79.9. The van der Waals surface area contributed by atoms with Crippen LogP contribution in [0.1, 0.15) is 20.8 Å². The Hall–Kier alpha value is -1.34. The topological polar surface area (TPSA) is 0 Å². The summed E-state index contributed by atoms with van der Waals surface area (Å²) in [7, 11) is 0. The molecule has 0 nitrogen and oxygen atoms in total. The van der Waals surface area contributed by atoms with Crippen LogP contribution in [0.15, 0.2) is 58.1 Å². The molecule has 0 spiro atoms. The molecule has 0 unspecified atom stereocenters. The van der Waals surface area contributed by atoms with Crippen molar-refractivity contribution in [3.8, 4) is 0 Å². The van der Waals surface area contributed by atoms with Gasteiger partial charge >= 0.3 is 0 Å². The molecule has 94 valence electrons. The van der Waals surface area contributed by atoms with Gasteiger partial charge in [-0.15, -0.1) is 0 Å². The van der Waals surface area contributed by atoms with E-state index in [4.69, 9.17) is 0 Å². The maximum atomic E-state index is 4.01. The van der Waals surface area contributed by atoms with Crippen LogP contribution < -0.4 is 10.4 Å². The van der Waals surface area contributed by atoms with Gasteiger partial charge in [0, 0.05) is 0 Å². The molecule has 0 saturated heterocycles. The van der Waals surface area contributed by atoms with Crippen molar-refractivity contribution in [3.05, 3.63) is 68.6 Å². The van der Waals surface area contributed by atoms with Gasteiger partial charge in [0.2, 0.25) is 0 Å². The summed E-state index contributed by atoms with van der Waals surface area (Å²) in [6.07, 6.45) is 8.41. The smallest absolute Gasteiger partial charge is 0.00803 e. The van der Waals surface area contributed by atoms with E-state index in [1.807, 2.05) is 25.1 Å². The molecule has 0 aliphatic rings. The summed E-state index contributed by atoms with van der Waals surface area (Å²) in [6.45, 7) is 10.3. The third-order valence-electron chi connectivity index (χ3n) is 2.75. The third-order valence-corrected chi connectivity index (χ3v) is 3.02.